The first-order valence-electron chi connectivity index (χ1n) is 7.38. The molecule has 0 bridgehead atoms. The Balaban J connectivity index is 1.68. The van der Waals surface area contributed by atoms with E-state index < -0.39 is 46.8 Å². The number of nitrogens with zero attached hydrogens (tertiary/aromatic N) is 1. The number of thioether (sulfide) groups is 1. The van der Waals surface area contributed by atoms with Crippen molar-refractivity contribution in [1.29, 1.82) is 0 Å². The fraction of sp³-hybridized carbons (Fsp3) is 0.400. The van der Waals surface area contributed by atoms with Crippen LogP contribution in [0.5, 0.6) is 0 Å². The van der Waals surface area contributed by atoms with Gasteiger partial charge in [0.1, 0.15) is 23.3 Å². The van der Waals surface area contributed by atoms with E-state index >= 15 is 0 Å². The molecule has 0 saturated carbocycles. The molecule has 24 heavy (non-hydrogen) atoms. The van der Waals surface area contributed by atoms with Crippen LogP contribution in [-0.2, 0) is 14.4 Å². The smallest absolute Gasteiger partial charge is 0.355 e. The first-order valence-corrected chi connectivity index (χ1v) is 8.43. The first-order chi connectivity index (χ1) is 11.4. The van der Waals surface area contributed by atoms with Crippen molar-refractivity contribution in [2.24, 2.45) is 5.73 Å². The Morgan fingerprint density at radius 1 is 1.46 bits per heavy atom. The number of nitrogens with two attached hydrogens (primary N) is 1. The van der Waals surface area contributed by atoms with Crippen molar-refractivity contribution < 1.29 is 23.9 Å². The summed E-state index contributed by atoms with van der Waals surface area (Å²) in [4.78, 5) is 36.4. The van der Waals surface area contributed by atoms with E-state index in [-0.39, 0.29) is 5.75 Å². The number of carbonyl (C=O) groups excluding carboxylic acids is 2. The number of β-lactam (4-membered cyclic amide) rings is 1. The lowest BCUT2D eigenvalue weighted by atomic mass is 9.97. The number of rotatable bonds is 4. The van der Waals surface area contributed by atoms with Crippen LogP contribution in [0.3, 0.4) is 0 Å². The zero-order valence-electron chi connectivity index (χ0n) is 12.6. The number of hydrogen-bond donors (Lipinski definition) is 3. The van der Waals surface area contributed by atoms with Gasteiger partial charge in [-0.2, -0.15) is 0 Å². The highest BCUT2D eigenvalue weighted by molar-refractivity contribution is 8.00. The Kier molecular flexibility index (Phi) is 4.46. The topological polar surface area (TPSA) is 113 Å². The Bertz CT molecular complexity index is 703. The number of nitrogens with one attached hydrogen (secondary N) is 1. The third-order valence-corrected chi connectivity index (χ3v) is 5.39. The minimum atomic E-state index is -1.49. The van der Waals surface area contributed by atoms with Crippen molar-refractivity contribution >= 4 is 29.5 Å². The minimum absolute atomic E-state index is 0.148. The molecule has 128 valence electrons. The van der Waals surface area contributed by atoms with Crippen LogP contribution in [-0.4, -0.2) is 51.0 Å². The number of halogens is 1. The average molecular weight is 353 g/mol. The van der Waals surface area contributed by atoms with Gasteiger partial charge < -0.3 is 16.2 Å². The van der Waals surface area contributed by atoms with Gasteiger partial charge in [-0.15, -0.1) is 11.8 Å². The summed E-state index contributed by atoms with van der Waals surface area (Å²) < 4.78 is 13.7. The number of carbonyl (C=O) groups is 3. The van der Waals surface area contributed by atoms with Crippen molar-refractivity contribution in [3.8, 4) is 0 Å². The largest absolute Gasteiger partial charge is 0.476 e. The van der Waals surface area contributed by atoms with Crippen LogP contribution >= 0.6 is 11.8 Å². The quantitative estimate of drug-likeness (QED) is 0.493. The molecule has 2 heterocycles. The van der Waals surface area contributed by atoms with E-state index in [9.17, 15) is 18.8 Å². The lowest BCUT2D eigenvalue weighted by Crippen LogP contribution is -2.71. The third kappa shape index (κ3) is 2.73. The number of hydrogen-bond acceptors (Lipinski definition) is 5. The summed E-state index contributed by atoms with van der Waals surface area (Å²) in [6.45, 7) is 0. The van der Waals surface area contributed by atoms with Gasteiger partial charge in [0.05, 0.1) is 0 Å². The van der Waals surface area contributed by atoms with E-state index in [1.165, 1.54) is 0 Å². The lowest BCUT2D eigenvalue weighted by molar-refractivity contribution is -0.151. The second kappa shape index (κ2) is 6.40. The van der Waals surface area contributed by atoms with E-state index in [1.807, 2.05) is 18.2 Å². The molecule has 1 unspecified atom stereocenters. The molecule has 2 aliphatic heterocycles. The fourth-order valence-corrected chi connectivity index (χ4v) is 4.05. The third-order valence-electron chi connectivity index (χ3n) is 4.14. The first kappa shape index (κ1) is 16.7. The molecule has 9 heteroatoms. The zero-order valence-corrected chi connectivity index (χ0v) is 13.4. The second-order valence-corrected chi connectivity index (χ2v) is 6.73. The molecule has 0 aromatic carbocycles. The lowest BCUT2D eigenvalue weighted by Gasteiger charge is -2.48. The summed E-state index contributed by atoms with van der Waals surface area (Å²) in [5.74, 6) is -3.63. The van der Waals surface area contributed by atoms with Gasteiger partial charge in [0, 0.05) is 5.75 Å². The van der Waals surface area contributed by atoms with E-state index in [2.05, 4.69) is 5.32 Å². The Morgan fingerprint density at radius 3 is 2.83 bits per heavy atom. The normalized spacial score (nSPS) is 27.2. The number of fused-ring (bicyclic) bond motifs is 1. The van der Waals surface area contributed by atoms with Gasteiger partial charge in [-0.1, -0.05) is 18.2 Å². The molecular weight excluding hydrogens is 337 g/mol. The fourth-order valence-electron chi connectivity index (χ4n) is 2.87. The molecule has 1 saturated heterocycles. The molecule has 7 nitrogen and oxygen atoms in total. The number of amides is 2. The van der Waals surface area contributed by atoms with Crippen molar-refractivity contribution in [2.75, 3.05) is 5.75 Å². The number of allylic oxidation sites excluding steroid dienone is 3. The zero-order chi connectivity index (χ0) is 17.4. The molecule has 0 spiro atoms. The number of carboxylic acids is 1. The van der Waals surface area contributed by atoms with Gasteiger partial charge in [-0.3, -0.25) is 14.5 Å². The highest BCUT2D eigenvalue weighted by atomic mass is 32.2. The predicted octanol–water partition coefficient (Wildman–Crippen LogP) is 0.256. The van der Waals surface area contributed by atoms with Crippen LogP contribution < -0.4 is 11.1 Å². The second-order valence-electron chi connectivity index (χ2n) is 5.62. The van der Waals surface area contributed by atoms with Crippen LogP contribution in [0.2, 0.25) is 0 Å². The average Bonchev–Trinajstić information content (AvgIpc) is 2.59. The Hall–Kier alpha value is -2.13. The van der Waals surface area contributed by atoms with E-state index in [0.29, 0.717) is 12.8 Å². The maximum Gasteiger partial charge on any atom is 0.355 e. The van der Waals surface area contributed by atoms with Gasteiger partial charge in [0.2, 0.25) is 5.91 Å². The van der Waals surface area contributed by atoms with Crippen molar-refractivity contribution in [1.82, 2.24) is 10.2 Å². The monoisotopic (exact) mass is 353 g/mol. The summed E-state index contributed by atoms with van der Waals surface area (Å²) in [5.41, 5.74) is 6.05. The highest BCUT2D eigenvalue weighted by Crippen LogP contribution is 2.40. The maximum absolute atomic E-state index is 13.7. The molecule has 1 fully saturated rings. The molecular formula is C15H16FN3O4S. The summed E-state index contributed by atoms with van der Waals surface area (Å²) in [6, 6.07) is -1.76. The molecule has 3 rings (SSSR count). The maximum atomic E-state index is 13.7. The molecule has 2 amide bonds. The number of carboxylic acid groups (broad SMARTS) is 1. The summed E-state index contributed by atoms with van der Waals surface area (Å²) in [5, 5.41) is 11.0. The van der Waals surface area contributed by atoms with E-state index in [1.54, 1.807) is 0 Å². The number of aliphatic carboxylic acids is 1. The molecule has 3 aliphatic rings. The SMILES string of the molecule is NC(C(=O)N[C@@H]1C(=O)N2C(C(=O)O)=C(F)CS[C@H]12)C1=CCC=CC1. The van der Waals surface area contributed by atoms with Crippen LogP contribution in [0.1, 0.15) is 12.8 Å². The van der Waals surface area contributed by atoms with Gasteiger partial charge >= 0.3 is 5.97 Å². The summed E-state index contributed by atoms with van der Waals surface area (Å²) in [6.07, 6.45) is 7.04. The van der Waals surface area contributed by atoms with Gasteiger partial charge in [-0.25, -0.2) is 9.18 Å². The predicted molar refractivity (Wildman–Crippen MR) is 85.2 cm³/mol. The van der Waals surface area contributed by atoms with Crippen LogP contribution in [0.25, 0.3) is 0 Å². The van der Waals surface area contributed by atoms with Gasteiger partial charge in [0.15, 0.2) is 5.70 Å². The summed E-state index contributed by atoms with van der Waals surface area (Å²) in [7, 11) is 0. The Labute approximate surface area is 141 Å². The van der Waals surface area contributed by atoms with Crippen molar-refractivity contribution in [3.05, 3.63) is 35.3 Å². The highest BCUT2D eigenvalue weighted by Gasteiger charge is 2.54. The van der Waals surface area contributed by atoms with Crippen molar-refractivity contribution in [2.45, 2.75) is 30.3 Å². The molecule has 4 N–H and O–H groups in total. The molecule has 1 aliphatic carbocycles. The molecule has 0 aromatic heterocycles. The van der Waals surface area contributed by atoms with Crippen molar-refractivity contribution in [3.63, 3.8) is 0 Å². The minimum Gasteiger partial charge on any atom is -0.476 e. The summed E-state index contributed by atoms with van der Waals surface area (Å²) >= 11 is 1.07. The van der Waals surface area contributed by atoms with Crippen LogP contribution in [0, 0.1) is 0 Å². The molecule has 0 aromatic rings. The van der Waals surface area contributed by atoms with Gasteiger partial charge in [0.25, 0.3) is 5.91 Å². The standard InChI is InChI=1S/C15H16FN3O4S/c16-8-6-24-14-10(13(21)19(14)11(8)15(22)23)18-12(20)9(17)7-4-2-1-3-5-7/h1-2,5,9-10,14H,3-4,6,17H2,(H,18,20)(H,22,23)/t9?,10-,14-/m1/s1. The van der Waals surface area contributed by atoms with E-state index in [0.717, 1.165) is 22.2 Å². The van der Waals surface area contributed by atoms with E-state index in [4.69, 9.17) is 10.8 Å². The molecule has 3 atom stereocenters. The van der Waals surface area contributed by atoms with Crippen LogP contribution in [0.4, 0.5) is 4.39 Å². The molecule has 0 radical (unpaired) electrons. The van der Waals surface area contributed by atoms with Crippen LogP contribution in [0.15, 0.2) is 35.3 Å². The Morgan fingerprint density at radius 2 is 2.21 bits per heavy atom. The van der Waals surface area contributed by atoms with Gasteiger partial charge in [-0.05, 0) is 18.4 Å².